The molecule has 0 amide bonds. The highest BCUT2D eigenvalue weighted by molar-refractivity contribution is 7.91. The molecule has 2 aromatic heterocycles. The lowest BCUT2D eigenvalue weighted by molar-refractivity contribution is 0.318. The van der Waals surface area contributed by atoms with Gasteiger partial charge in [-0.3, -0.25) is 0 Å². The van der Waals surface area contributed by atoms with Gasteiger partial charge in [-0.05, 0) is 55.5 Å². The van der Waals surface area contributed by atoms with Gasteiger partial charge in [0.2, 0.25) is 0 Å². The molecule has 3 heterocycles. The summed E-state index contributed by atoms with van der Waals surface area (Å²) in [6, 6.07) is 11.8. The van der Waals surface area contributed by atoms with Crippen molar-refractivity contribution in [2.24, 2.45) is 0 Å². The van der Waals surface area contributed by atoms with E-state index in [1.807, 2.05) is 0 Å². The summed E-state index contributed by atoms with van der Waals surface area (Å²) in [4.78, 5) is 3.50. The largest absolute Gasteiger partial charge is 0.358 e. The first-order chi connectivity index (χ1) is 11.9. The first kappa shape index (κ1) is 17.1. The van der Waals surface area contributed by atoms with Gasteiger partial charge in [0.05, 0.1) is 4.34 Å². The molecule has 0 spiro atoms. The molecule has 132 valence electrons. The third-order valence-corrected chi connectivity index (χ3v) is 8.43. The molecule has 1 saturated heterocycles. The minimum absolute atomic E-state index is 0.331. The van der Waals surface area contributed by atoms with Crippen molar-refractivity contribution in [1.82, 2.24) is 9.29 Å². The van der Waals surface area contributed by atoms with Gasteiger partial charge in [-0.15, -0.1) is 11.3 Å². The number of aryl methyl sites for hydroxylation is 1. The standard InChI is InChI=1S/C18H19ClN2O2S2/c1-12-2-3-15-14(10-12)11-16(20-15)13-6-8-21(9-7-13)25(22,23)18-5-4-17(19)24-18/h2-5,10-11,13,20H,6-9H2,1H3. The molecule has 0 radical (unpaired) electrons. The SMILES string of the molecule is Cc1ccc2[nH]c(C3CCN(S(=O)(=O)c4ccc(Cl)s4)CC3)cc2c1. The molecule has 0 atom stereocenters. The Balaban J connectivity index is 1.50. The second kappa shape index (κ2) is 6.43. The van der Waals surface area contributed by atoms with Crippen LogP contribution in [0.2, 0.25) is 4.34 Å². The second-order valence-electron chi connectivity index (χ2n) is 6.55. The summed E-state index contributed by atoms with van der Waals surface area (Å²) in [6.07, 6.45) is 1.65. The van der Waals surface area contributed by atoms with Crippen molar-refractivity contribution in [3.63, 3.8) is 0 Å². The molecule has 0 saturated carbocycles. The summed E-state index contributed by atoms with van der Waals surface area (Å²) in [6.45, 7) is 3.17. The fourth-order valence-corrected chi connectivity index (χ4v) is 6.57. The number of aromatic amines is 1. The predicted molar refractivity (Wildman–Crippen MR) is 103 cm³/mol. The molecule has 4 rings (SSSR count). The summed E-state index contributed by atoms with van der Waals surface area (Å²) < 4.78 is 27.8. The minimum Gasteiger partial charge on any atom is -0.358 e. The fourth-order valence-electron chi connectivity index (χ4n) is 3.47. The Hall–Kier alpha value is -1.34. The molecule has 1 fully saturated rings. The van der Waals surface area contributed by atoms with Gasteiger partial charge in [0, 0.05) is 30.2 Å². The van der Waals surface area contributed by atoms with E-state index in [0.29, 0.717) is 27.6 Å². The van der Waals surface area contributed by atoms with Gasteiger partial charge in [-0.1, -0.05) is 23.2 Å². The Labute approximate surface area is 156 Å². The maximum atomic E-state index is 12.7. The van der Waals surface area contributed by atoms with Gasteiger partial charge in [0.1, 0.15) is 4.21 Å². The van der Waals surface area contributed by atoms with Crippen molar-refractivity contribution in [1.29, 1.82) is 0 Å². The normalized spacial score (nSPS) is 17.4. The Morgan fingerprint density at radius 3 is 2.60 bits per heavy atom. The van der Waals surface area contributed by atoms with E-state index in [1.54, 1.807) is 16.4 Å². The van der Waals surface area contributed by atoms with Crippen molar-refractivity contribution >= 4 is 43.9 Å². The van der Waals surface area contributed by atoms with Crippen molar-refractivity contribution in [3.8, 4) is 0 Å². The van der Waals surface area contributed by atoms with Crippen LogP contribution in [0.5, 0.6) is 0 Å². The van der Waals surface area contributed by atoms with Gasteiger partial charge in [0.15, 0.2) is 0 Å². The number of hydrogen-bond donors (Lipinski definition) is 1. The first-order valence-electron chi connectivity index (χ1n) is 8.28. The number of aromatic nitrogens is 1. The van der Waals surface area contributed by atoms with Crippen molar-refractivity contribution < 1.29 is 8.42 Å². The second-order valence-corrected chi connectivity index (χ2v) is 10.4. The highest BCUT2D eigenvalue weighted by Gasteiger charge is 2.31. The van der Waals surface area contributed by atoms with Crippen LogP contribution in [0.15, 0.2) is 40.6 Å². The van der Waals surface area contributed by atoms with Gasteiger partial charge in [-0.2, -0.15) is 4.31 Å². The Morgan fingerprint density at radius 1 is 1.16 bits per heavy atom. The number of rotatable bonds is 3. The Bertz CT molecular complexity index is 1010. The molecular formula is C18H19ClN2O2S2. The van der Waals surface area contributed by atoms with E-state index in [4.69, 9.17) is 11.6 Å². The van der Waals surface area contributed by atoms with Gasteiger partial charge >= 0.3 is 0 Å². The van der Waals surface area contributed by atoms with Crippen LogP contribution < -0.4 is 0 Å². The fraction of sp³-hybridized carbons (Fsp3) is 0.333. The summed E-state index contributed by atoms with van der Waals surface area (Å²) in [5.41, 5.74) is 3.59. The molecular weight excluding hydrogens is 376 g/mol. The van der Waals surface area contributed by atoms with E-state index in [-0.39, 0.29) is 0 Å². The summed E-state index contributed by atoms with van der Waals surface area (Å²) >= 11 is 7.01. The van der Waals surface area contributed by atoms with Crippen LogP contribution in [-0.4, -0.2) is 30.8 Å². The van der Waals surface area contributed by atoms with Crippen LogP contribution >= 0.6 is 22.9 Å². The lowest BCUT2D eigenvalue weighted by Gasteiger charge is -2.30. The molecule has 4 nitrogen and oxygen atoms in total. The van der Waals surface area contributed by atoms with Gasteiger partial charge in [0.25, 0.3) is 10.0 Å². The topological polar surface area (TPSA) is 53.2 Å². The van der Waals surface area contributed by atoms with Crippen LogP contribution in [0.25, 0.3) is 10.9 Å². The molecule has 0 bridgehead atoms. The van der Waals surface area contributed by atoms with Gasteiger partial charge < -0.3 is 4.98 Å². The van der Waals surface area contributed by atoms with E-state index < -0.39 is 10.0 Å². The molecule has 25 heavy (non-hydrogen) atoms. The molecule has 1 N–H and O–H groups in total. The van der Waals surface area contributed by atoms with E-state index >= 15 is 0 Å². The molecule has 0 aliphatic carbocycles. The summed E-state index contributed by atoms with van der Waals surface area (Å²) in [7, 11) is -3.42. The molecule has 0 unspecified atom stereocenters. The van der Waals surface area contributed by atoms with E-state index in [2.05, 4.69) is 36.2 Å². The molecule has 1 aliphatic heterocycles. The number of fused-ring (bicyclic) bond motifs is 1. The first-order valence-corrected chi connectivity index (χ1v) is 10.9. The number of halogens is 1. The van der Waals surface area contributed by atoms with Crippen LogP contribution in [0.4, 0.5) is 0 Å². The van der Waals surface area contributed by atoms with Crippen LogP contribution in [0.1, 0.15) is 30.0 Å². The lowest BCUT2D eigenvalue weighted by Crippen LogP contribution is -2.37. The zero-order valence-electron chi connectivity index (χ0n) is 13.8. The molecule has 3 aromatic rings. The quantitative estimate of drug-likeness (QED) is 0.696. The van der Waals surface area contributed by atoms with E-state index in [9.17, 15) is 8.42 Å². The number of H-pyrrole nitrogens is 1. The number of thiophene rings is 1. The maximum Gasteiger partial charge on any atom is 0.252 e. The molecule has 1 aliphatic rings. The van der Waals surface area contributed by atoms with Crippen LogP contribution in [0.3, 0.4) is 0 Å². The number of sulfonamides is 1. The number of benzene rings is 1. The zero-order chi connectivity index (χ0) is 17.6. The summed E-state index contributed by atoms with van der Waals surface area (Å²) in [5, 5.41) is 1.22. The summed E-state index contributed by atoms with van der Waals surface area (Å²) in [5.74, 6) is 0.367. The van der Waals surface area contributed by atoms with E-state index in [0.717, 1.165) is 29.7 Å². The van der Waals surface area contributed by atoms with Crippen LogP contribution in [0, 0.1) is 6.92 Å². The monoisotopic (exact) mass is 394 g/mol. The predicted octanol–water partition coefficient (Wildman–Crippen LogP) is 4.76. The maximum absolute atomic E-state index is 12.7. The number of nitrogens with one attached hydrogen (secondary N) is 1. The third kappa shape index (κ3) is 3.24. The molecule has 7 heteroatoms. The molecule has 1 aromatic carbocycles. The van der Waals surface area contributed by atoms with Crippen molar-refractivity contribution in [3.05, 3.63) is 52.0 Å². The highest BCUT2D eigenvalue weighted by atomic mass is 35.5. The van der Waals surface area contributed by atoms with Crippen molar-refractivity contribution in [2.45, 2.75) is 29.9 Å². The minimum atomic E-state index is -3.42. The van der Waals surface area contributed by atoms with Crippen LogP contribution in [-0.2, 0) is 10.0 Å². The Morgan fingerprint density at radius 2 is 1.92 bits per heavy atom. The number of hydrogen-bond acceptors (Lipinski definition) is 3. The average molecular weight is 395 g/mol. The van der Waals surface area contributed by atoms with Gasteiger partial charge in [-0.25, -0.2) is 8.42 Å². The lowest BCUT2D eigenvalue weighted by atomic mass is 9.95. The highest BCUT2D eigenvalue weighted by Crippen LogP contribution is 2.34. The smallest absolute Gasteiger partial charge is 0.252 e. The Kier molecular flexibility index (Phi) is 4.40. The van der Waals surface area contributed by atoms with Crippen molar-refractivity contribution in [2.75, 3.05) is 13.1 Å². The zero-order valence-corrected chi connectivity index (χ0v) is 16.2. The number of piperidine rings is 1. The average Bonchev–Trinajstić information content (AvgIpc) is 3.21. The third-order valence-electron chi connectivity index (χ3n) is 4.83. The van der Waals surface area contributed by atoms with E-state index in [1.165, 1.54) is 16.6 Å². The number of nitrogens with zero attached hydrogens (tertiary/aromatic N) is 1.